The van der Waals surface area contributed by atoms with E-state index in [-0.39, 0.29) is 12.0 Å². The van der Waals surface area contributed by atoms with Gasteiger partial charge in [-0.3, -0.25) is 4.79 Å². The van der Waals surface area contributed by atoms with E-state index in [2.05, 4.69) is 5.32 Å². The van der Waals surface area contributed by atoms with Crippen LogP contribution in [0.5, 0.6) is 11.5 Å². The van der Waals surface area contributed by atoms with Gasteiger partial charge in [-0.05, 0) is 37.1 Å². The zero-order valence-corrected chi connectivity index (χ0v) is 15.5. The van der Waals surface area contributed by atoms with Gasteiger partial charge in [-0.25, -0.2) is 0 Å². The summed E-state index contributed by atoms with van der Waals surface area (Å²) in [5.74, 6) is 0.991. The average molecular weight is 371 g/mol. The Morgan fingerprint density at radius 1 is 1.15 bits per heavy atom. The second-order valence-electron chi connectivity index (χ2n) is 6.27. The summed E-state index contributed by atoms with van der Waals surface area (Å²) in [6, 6.07) is 14.5. The molecule has 3 rings (SSSR count). The summed E-state index contributed by atoms with van der Waals surface area (Å²) in [6.45, 7) is 2.16. The number of ether oxygens (including phenoxy) is 4. The van der Waals surface area contributed by atoms with Crippen LogP contribution < -0.4 is 14.8 Å². The zero-order chi connectivity index (χ0) is 18.9. The molecule has 1 fully saturated rings. The number of anilines is 1. The Labute approximate surface area is 159 Å². The van der Waals surface area contributed by atoms with Gasteiger partial charge in [0, 0.05) is 25.5 Å². The van der Waals surface area contributed by atoms with Crippen molar-refractivity contribution in [1.82, 2.24) is 0 Å². The number of hydrogen-bond donors (Lipinski definition) is 1. The first-order valence-electron chi connectivity index (χ1n) is 9.13. The van der Waals surface area contributed by atoms with Crippen LogP contribution in [0.1, 0.15) is 23.2 Å². The SMILES string of the molecule is COCCOc1ccccc1C(=O)Nc1cccc(OC[C@H]2CCCO2)c1. The minimum atomic E-state index is -0.237. The van der Waals surface area contributed by atoms with Crippen molar-refractivity contribution in [3.63, 3.8) is 0 Å². The van der Waals surface area contributed by atoms with Crippen molar-refractivity contribution in [2.24, 2.45) is 0 Å². The van der Waals surface area contributed by atoms with Gasteiger partial charge in [-0.2, -0.15) is 0 Å². The fraction of sp³-hybridized carbons (Fsp3) is 0.381. The third-order valence-electron chi connectivity index (χ3n) is 4.23. The van der Waals surface area contributed by atoms with E-state index < -0.39 is 0 Å². The lowest BCUT2D eigenvalue weighted by Gasteiger charge is -2.13. The van der Waals surface area contributed by atoms with Crippen LogP contribution in [-0.4, -0.2) is 45.5 Å². The molecule has 1 amide bonds. The van der Waals surface area contributed by atoms with Crippen LogP contribution in [0, 0.1) is 0 Å². The predicted octanol–water partition coefficient (Wildman–Crippen LogP) is 3.52. The molecule has 1 aliphatic heterocycles. The lowest BCUT2D eigenvalue weighted by molar-refractivity contribution is 0.0680. The summed E-state index contributed by atoms with van der Waals surface area (Å²) < 4.78 is 22.0. The Hall–Kier alpha value is -2.57. The number of hydrogen-bond acceptors (Lipinski definition) is 5. The van der Waals surface area contributed by atoms with Crippen LogP contribution in [0.15, 0.2) is 48.5 Å². The van der Waals surface area contributed by atoms with E-state index in [0.717, 1.165) is 19.4 Å². The van der Waals surface area contributed by atoms with E-state index >= 15 is 0 Å². The molecule has 0 saturated carbocycles. The second-order valence-corrected chi connectivity index (χ2v) is 6.27. The Morgan fingerprint density at radius 2 is 2.04 bits per heavy atom. The van der Waals surface area contributed by atoms with Gasteiger partial charge in [0.25, 0.3) is 5.91 Å². The van der Waals surface area contributed by atoms with Gasteiger partial charge in [0.05, 0.1) is 18.3 Å². The summed E-state index contributed by atoms with van der Waals surface area (Å²) in [5, 5.41) is 2.90. The smallest absolute Gasteiger partial charge is 0.259 e. The van der Waals surface area contributed by atoms with E-state index in [9.17, 15) is 4.79 Å². The Kier molecular flexibility index (Phi) is 7.07. The maximum absolute atomic E-state index is 12.7. The molecule has 2 aromatic carbocycles. The summed E-state index contributed by atoms with van der Waals surface area (Å²) in [6.07, 6.45) is 2.26. The fourth-order valence-electron chi connectivity index (χ4n) is 2.84. The topological polar surface area (TPSA) is 66.0 Å². The van der Waals surface area contributed by atoms with Crippen LogP contribution in [0.3, 0.4) is 0 Å². The molecule has 144 valence electrons. The van der Waals surface area contributed by atoms with Gasteiger partial charge in [0.2, 0.25) is 0 Å². The lowest BCUT2D eigenvalue weighted by atomic mass is 10.2. The van der Waals surface area contributed by atoms with Crippen molar-refractivity contribution >= 4 is 11.6 Å². The van der Waals surface area contributed by atoms with Crippen molar-refractivity contribution in [2.45, 2.75) is 18.9 Å². The summed E-state index contributed by atoms with van der Waals surface area (Å²) in [7, 11) is 1.61. The molecule has 6 heteroatoms. The molecule has 1 aliphatic rings. The van der Waals surface area contributed by atoms with E-state index in [1.807, 2.05) is 24.3 Å². The van der Waals surface area contributed by atoms with E-state index in [0.29, 0.717) is 42.6 Å². The highest BCUT2D eigenvalue weighted by atomic mass is 16.5. The number of methoxy groups -OCH3 is 1. The molecule has 1 saturated heterocycles. The van der Waals surface area contributed by atoms with Crippen molar-refractivity contribution in [3.05, 3.63) is 54.1 Å². The molecule has 6 nitrogen and oxygen atoms in total. The molecule has 27 heavy (non-hydrogen) atoms. The van der Waals surface area contributed by atoms with Crippen LogP contribution in [0.4, 0.5) is 5.69 Å². The first-order chi connectivity index (χ1) is 13.3. The maximum atomic E-state index is 12.7. The number of nitrogens with one attached hydrogen (secondary N) is 1. The van der Waals surface area contributed by atoms with Crippen LogP contribution in [0.2, 0.25) is 0 Å². The standard InChI is InChI=1S/C21H25NO5/c1-24-12-13-26-20-10-3-2-9-19(20)21(23)22-16-6-4-7-17(14-16)27-15-18-8-5-11-25-18/h2-4,6-7,9-10,14,18H,5,8,11-13,15H2,1H3,(H,22,23)/t18-/m1/s1. The first kappa shape index (κ1) is 19.2. The van der Waals surface area contributed by atoms with Gasteiger partial charge >= 0.3 is 0 Å². The molecule has 0 bridgehead atoms. The van der Waals surface area contributed by atoms with Gasteiger partial charge in [-0.15, -0.1) is 0 Å². The minimum Gasteiger partial charge on any atom is -0.491 e. The maximum Gasteiger partial charge on any atom is 0.259 e. The monoisotopic (exact) mass is 371 g/mol. The molecule has 0 aromatic heterocycles. The van der Waals surface area contributed by atoms with Crippen molar-refractivity contribution in [2.75, 3.05) is 38.9 Å². The molecular formula is C21H25NO5. The average Bonchev–Trinajstić information content (AvgIpc) is 3.21. The summed E-state index contributed by atoms with van der Waals surface area (Å²) in [4.78, 5) is 12.7. The molecule has 1 N–H and O–H groups in total. The number of carbonyl (C=O) groups is 1. The first-order valence-corrected chi connectivity index (χ1v) is 9.13. The van der Waals surface area contributed by atoms with Crippen molar-refractivity contribution in [1.29, 1.82) is 0 Å². The van der Waals surface area contributed by atoms with Gasteiger partial charge < -0.3 is 24.3 Å². The van der Waals surface area contributed by atoms with Crippen LogP contribution in [0.25, 0.3) is 0 Å². The van der Waals surface area contributed by atoms with Crippen LogP contribution in [-0.2, 0) is 9.47 Å². The second kappa shape index (κ2) is 9.94. The van der Waals surface area contributed by atoms with E-state index in [1.165, 1.54) is 0 Å². The fourth-order valence-corrected chi connectivity index (χ4v) is 2.84. The number of para-hydroxylation sites is 1. The quantitative estimate of drug-likeness (QED) is 0.683. The highest BCUT2D eigenvalue weighted by Gasteiger charge is 2.16. The molecule has 1 atom stereocenters. The van der Waals surface area contributed by atoms with E-state index in [4.69, 9.17) is 18.9 Å². The Balaban J connectivity index is 1.61. The van der Waals surface area contributed by atoms with E-state index in [1.54, 1.807) is 31.4 Å². The number of amides is 1. The summed E-state index contributed by atoms with van der Waals surface area (Å²) >= 11 is 0. The largest absolute Gasteiger partial charge is 0.491 e. The minimum absolute atomic E-state index is 0.152. The molecule has 0 spiro atoms. The normalized spacial score (nSPS) is 16.1. The number of carbonyl (C=O) groups excluding carboxylic acids is 1. The molecule has 0 radical (unpaired) electrons. The lowest BCUT2D eigenvalue weighted by Crippen LogP contribution is -2.17. The summed E-state index contributed by atoms with van der Waals surface area (Å²) in [5.41, 5.74) is 1.14. The highest BCUT2D eigenvalue weighted by molar-refractivity contribution is 6.06. The van der Waals surface area contributed by atoms with Gasteiger partial charge in [-0.1, -0.05) is 18.2 Å². The molecule has 0 unspecified atom stereocenters. The molecule has 1 heterocycles. The molecule has 0 aliphatic carbocycles. The van der Waals surface area contributed by atoms with Crippen molar-refractivity contribution in [3.8, 4) is 11.5 Å². The third-order valence-corrected chi connectivity index (χ3v) is 4.23. The molecular weight excluding hydrogens is 346 g/mol. The zero-order valence-electron chi connectivity index (χ0n) is 15.5. The van der Waals surface area contributed by atoms with Gasteiger partial charge in [0.15, 0.2) is 0 Å². The van der Waals surface area contributed by atoms with Crippen LogP contribution >= 0.6 is 0 Å². The Morgan fingerprint density at radius 3 is 2.85 bits per heavy atom. The number of rotatable bonds is 9. The highest BCUT2D eigenvalue weighted by Crippen LogP contribution is 2.23. The van der Waals surface area contributed by atoms with Crippen molar-refractivity contribution < 1.29 is 23.7 Å². The molecule has 2 aromatic rings. The number of benzene rings is 2. The Bertz CT molecular complexity index is 743. The predicted molar refractivity (Wildman–Crippen MR) is 103 cm³/mol. The van der Waals surface area contributed by atoms with Gasteiger partial charge in [0.1, 0.15) is 24.7 Å². The third kappa shape index (κ3) is 5.70.